The van der Waals surface area contributed by atoms with E-state index in [1.807, 2.05) is 30.3 Å². The van der Waals surface area contributed by atoms with Gasteiger partial charge >= 0.3 is 0 Å². The molecule has 1 aromatic heterocycles. The van der Waals surface area contributed by atoms with Crippen LogP contribution >= 0.6 is 23.4 Å². The minimum absolute atomic E-state index is 0.202. The van der Waals surface area contributed by atoms with Gasteiger partial charge in [0.1, 0.15) is 11.5 Å². The third-order valence-electron chi connectivity index (χ3n) is 3.71. The monoisotopic (exact) mass is 419 g/mol. The van der Waals surface area contributed by atoms with Crippen molar-refractivity contribution in [1.29, 1.82) is 0 Å². The minimum atomic E-state index is -0.202. The Bertz CT molecular complexity index is 950. The molecule has 0 aliphatic heterocycles. The van der Waals surface area contributed by atoms with Crippen molar-refractivity contribution in [2.75, 3.05) is 25.3 Å². The van der Waals surface area contributed by atoms with Gasteiger partial charge in [0, 0.05) is 11.6 Å². The molecular weight excluding hydrogens is 402 g/mol. The second kappa shape index (κ2) is 9.48. The van der Waals surface area contributed by atoms with Gasteiger partial charge in [-0.25, -0.2) is 0 Å². The quantitative estimate of drug-likeness (QED) is 0.583. The van der Waals surface area contributed by atoms with Crippen molar-refractivity contribution in [1.82, 2.24) is 10.1 Å². The Kier molecular flexibility index (Phi) is 6.78. The first kappa shape index (κ1) is 20.0. The first-order chi connectivity index (χ1) is 13.6. The van der Waals surface area contributed by atoms with E-state index in [0.29, 0.717) is 39.7 Å². The average molecular weight is 420 g/mol. The van der Waals surface area contributed by atoms with Crippen LogP contribution in [0.1, 0.15) is 5.89 Å². The largest absolute Gasteiger partial charge is 0.495 e. The standard InChI is InChI=1S/C19H18ClN3O4S/c1-25-15-9-16(26-2)14(8-13(15)20)21-17(24)10-28-11-18-22-19(23-27-18)12-6-4-3-5-7-12/h3-9H,10-11H2,1-2H3,(H,21,24). The molecule has 7 nitrogen and oxygen atoms in total. The fourth-order valence-corrected chi connectivity index (χ4v) is 3.29. The minimum Gasteiger partial charge on any atom is -0.495 e. The molecule has 0 aliphatic rings. The third kappa shape index (κ3) is 4.96. The number of ether oxygens (including phenoxy) is 2. The van der Waals surface area contributed by atoms with Gasteiger partial charge in [0.25, 0.3) is 0 Å². The van der Waals surface area contributed by atoms with E-state index in [-0.39, 0.29) is 11.7 Å². The summed E-state index contributed by atoms with van der Waals surface area (Å²) in [5.41, 5.74) is 1.35. The number of anilines is 1. The fraction of sp³-hybridized carbons (Fsp3) is 0.211. The first-order valence-electron chi connectivity index (χ1n) is 8.28. The van der Waals surface area contributed by atoms with Crippen molar-refractivity contribution >= 4 is 35.0 Å². The Balaban J connectivity index is 1.54. The summed E-state index contributed by atoms with van der Waals surface area (Å²) in [6.07, 6.45) is 0. The molecule has 3 rings (SSSR count). The van der Waals surface area contributed by atoms with Gasteiger partial charge in [-0.1, -0.05) is 47.1 Å². The summed E-state index contributed by atoms with van der Waals surface area (Å²) in [7, 11) is 3.02. The molecule has 1 amide bonds. The number of benzene rings is 2. The van der Waals surface area contributed by atoms with E-state index >= 15 is 0 Å². The zero-order valence-electron chi connectivity index (χ0n) is 15.3. The summed E-state index contributed by atoms with van der Waals surface area (Å²) < 4.78 is 15.6. The Morgan fingerprint density at radius 3 is 2.64 bits per heavy atom. The summed E-state index contributed by atoms with van der Waals surface area (Å²) in [4.78, 5) is 16.6. The average Bonchev–Trinajstić information content (AvgIpc) is 3.18. The maximum absolute atomic E-state index is 12.2. The number of nitrogens with zero attached hydrogens (tertiary/aromatic N) is 2. The molecule has 0 bridgehead atoms. The molecule has 28 heavy (non-hydrogen) atoms. The predicted octanol–water partition coefficient (Wildman–Crippen LogP) is 4.28. The number of nitrogens with one attached hydrogen (secondary N) is 1. The molecule has 0 aliphatic carbocycles. The Morgan fingerprint density at radius 1 is 1.18 bits per heavy atom. The van der Waals surface area contributed by atoms with Crippen LogP contribution in [-0.2, 0) is 10.5 Å². The van der Waals surface area contributed by atoms with Gasteiger partial charge in [-0.3, -0.25) is 4.79 Å². The number of carbonyl (C=O) groups excluding carboxylic acids is 1. The second-order valence-electron chi connectivity index (χ2n) is 5.61. The predicted molar refractivity (Wildman–Crippen MR) is 109 cm³/mol. The summed E-state index contributed by atoms with van der Waals surface area (Å²) >= 11 is 7.48. The molecule has 3 aromatic rings. The Morgan fingerprint density at radius 2 is 1.93 bits per heavy atom. The maximum Gasteiger partial charge on any atom is 0.236 e. The van der Waals surface area contributed by atoms with Crippen molar-refractivity contribution in [3.63, 3.8) is 0 Å². The lowest BCUT2D eigenvalue weighted by atomic mass is 10.2. The summed E-state index contributed by atoms with van der Waals surface area (Å²) in [6, 6.07) is 12.8. The highest BCUT2D eigenvalue weighted by Crippen LogP contribution is 2.36. The lowest BCUT2D eigenvalue weighted by Crippen LogP contribution is -2.15. The number of hydrogen-bond acceptors (Lipinski definition) is 7. The summed E-state index contributed by atoms with van der Waals surface area (Å²) in [6.45, 7) is 0. The highest BCUT2D eigenvalue weighted by Gasteiger charge is 2.14. The van der Waals surface area contributed by atoms with Gasteiger partial charge in [0.15, 0.2) is 0 Å². The SMILES string of the molecule is COc1cc(OC)c(NC(=O)CSCc2nc(-c3ccccc3)no2)cc1Cl. The lowest BCUT2D eigenvalue weighted by Gasteiger charge is -2.12. The molecule has 1 N–H and O–H groups in total. The zero-order valence-corrected chi connectivity index (χ0v) is 16.8. The normalized spacial score (nSPS) is 10.5. The van der Waals surface area contributed by atoms with Gasteiger partial charge in [0.2, 0.25) is 17.6 Å². The highest BCUT2D eigenvalue weighted by molar-refractivity contribution is 7.99. The molecule has 146 valence electrons. The number of hydrogen-bond donors (Lipinski definition) is 1. The van der Waals surface area contributed by atoms with E-state index in [4.69, 9.17) is 25.6 Å². The van der Waals surface area contributed by atoms with Gasteiger partial charge in [0.05, 0.1) is 36.4 Å². The number of thioether (sulfide) groups is 1. The molecule has 0 unspecified atom stereocenters. The molecule has 0 fully saturated rings. The van der Waals surface area contributed by atoms with Gasteiger partial charge in [-0.15, -0.1) is 11.8 Å². The molecule has 0 saturated carbocycles. The van der Waals surface area contributed by atoms with E-state index in [2.05, 4.69) is 15.5 Å². The summed E-state index contributed by atoms with van der Waals surface area (Å²) in [5.74, 6) is 2.34. The number of carbonyl (C=O) groups is 1. The second-order valence-corrected chi connectivity index (χ2v) is 7.00. The molecule has 0 spiro atoms. The number of amides is 1. The molecular formula is C19H18ClN3O4S. The van der Waals surface area contributed by atoms with E-state index in [9.17, 15) is 4.79 Å². The molecule has 1 heterocycles. The topological polar surface area (TPSA) is 86.5 Å². The van der Waals surface area contributed by atoms with Crippen LogP contribution in [0.2, 0.25) is 5.02 Å². The highest BCUT2D eigenvalue weighted by atomic mass is 35.5. The Hall–Kier alpha value is -2.71. The fourth-order valence-electron chi connectivity index (χ4n) is 2.39. The maximum atomic E-state index is 12.2. The lowest BCUT2D eigenvalue weighted by molar-refractivity contribution is -0.113. The van der Waals surface area contributed by atoms with Gasteiger partial charge < -0.3 is 19.3 Å². The number of rotatable bonds is 8. The zero-order chi connectivity index (χ0) is 19.9. The van der Waals surface area contributed by atoms with Gasteiger partial charge in [-0.2, -0.15) is 4.98 Å². The van der Waals surface area contributed by atoms with Crippen molar-refractivity contribution in [3.05, 3.63) is 53.4 Å². The van der Waals surface area contributed by atoms with Crippen LogP contribution in [0, 0.1) is 0 Å². The smallest absolute Gasteiger partial charge is 0.236 e. The molecule has 2 aromatic carbocycles. The molecule has 9 heteroatoms. The Labute approximate surface area is 171 Å². The first-order valence-corrected chi connectivity index (χ1v) is 9.81. The number of halogens is 1. The molecule has 0 saturated heterocycles. The summed E-state index contributed by atoms with van der Waals surface area (Å²) in [5, 5.41) is 7.12. The van der Waals surface area contributed by atoms with E-state index < -0.39 is 0 Å². The van der Waals surface area contributed by atoms with Crippen LogP contribution < -0.4 is 14.8 Å². The number of aromatic nitrogens is 2. The van der Waals surface area contributed by atoms with Crippen molar-refractivity contribution in [2.45, 2.75) is 5.75 Å². The molecule has 0 radical (unpaired) electrons. The van der Waals surface area contributed by atoms with Crippen LogP contribution in [0.15, 0.2) is 47.0 Å². The van der Waals surface area contributed by atoms with E-state index in [1.165, 1.54) is 26.0 Å². The van der Waals surface area contributed by atoms with Crippen LogP contribution in [0.3, 0.4) is 0 Å². The third-order valence-corrected chi connectivity index (χ3v) is 4.92. The van der Waals surface area contributed by atoms with Crippen LogP contribution in [0.25, 0.3) is 11.4 Å². The van der Waals surface area contributed by atoms with Crippen molar-refractivity contribution < 1.29 is 18.8 Å². The van der Waals surface area contributed by atoms with E-state index in [1.54, 1.807) is 12.1 Å². The number of methoxy groups -OCH3 is 2. The van der Waals surface area contributed by atoms with Crippen LogP contribution in [0.5, 0.6) is 11.5 Å². The van der Waals surface area contributed by atoms with Gasteiger partial charge in [-0.05, 0) is 6.07 Å². The van der Waals surface area contributed by atoms with E-state index in [0.717, 1.165) is 5.56 Å². The molecule has 0 atom stereocenters. The van der Waals surface area contributed by atoms with Crippen molar-refractivity contribution in [2.24, 2.45) is 0 Å². The van der Waals surface area contributed by atoms with Crippen LogP contribution in [-0.4, -0.2) is 36.0 Å². The van der Waals surface area contributed by atoms with Crippen molar-refractivity contribution in [3.8, 4) is 22.9 Å². The van der Waals surface area contributed by atoms with Crippen LogP contribution in [0.4, 0.5) is 5.69 Å².